The van der Waals surface area contributed by atoms with Gasteiger partial charge in [0.2, 0.25) is 0 Å². The lowest BCUT2D eigenvalue weighted by Crippen LogP contribution is -1.91. The number of aromatic nitrogens is 2. The maximum Gasteiger partial charge on any atom is 0.123 e. The molecule has 0 bridgehead atoms. The second-order valence-electron chi connectivity index (χ2n) is 4.91. The summed E-state index contributed by atoms with van der Waals surface area (Å²) in [6.07, 6.45) is 0. The van der Waals surface area contributed by atoms with Gasteiger partial charge in [0.1, 0.15) is 16.6 Å². The van der Waals surface area contributed by atoms with Crippen molar-refractivity contribution in [1.29, 1.82) is 0 Å². The van der Waals surface area contributed by atoms with Crippen molar-refractivity contribution in [2.45, 2.75) is 10.8 Å². The van der Waals surface area contributed by atoms with Crippen LogP contribution in [0.1, 0.15) is 5.56 Å². The summed E-state index contributed by atoms with van der Waals surface area (Å²) in [5.74, 6) is 1.22. The highest BCUT2D eigenvalue weighted by atomic mass is 32.2. The normalized spacial score (nSPS) is 10.5. The molecule has 3 aromatic rings. The van der Waals surface area contributed by atoms with Gasteiger partial charge >= 0.3 is 0 Å². The first-order valence-electron chi connectivity index (χ1n) is 7.10. The number of halogens is 1. The Morgan fingerprint density at radius 1 is 1.00 bits per heavy atom. The Bertz CT molecular complexity index is 793. The fraction of sp³-hybridized carbons (Fsp3) is 0.111. The summed E-state index contributed by atoms with van der Waals surface area (Å²) in [6, 6.07) is 18.1. The minimum atomic E-state index is -0.220. The Labute approximate surface area is 138 Å². The van der Waals surface area contributed by atoms with Gasteiger partial charge in [0.15, 0.2) is 0 Å². The predicted molar refractivity (Wildman–Crippen MR) is 90.0 cm³/mol. The first kappa shape index (κ1) is 15.5. The van der Waals surface area contributed by atoms with E-state index in [0.29, 0.717) is 5.75 Å². The summed E-state index contributed by atoms with van der Waals surface area (Å²) in [5.41, 5.74) is 2.67. The van der Waals surface area contributed by atoms with Crippen molar-refractivity contribution in [3.8, 4) is 17.0 Å². The van der Waals surface area contributed by atoms with Gasteiger partial charge in [-0.15, -0.1) is 10.2 Å². The van der Waals surface area contributed by atoms with E-state index in [4.69, 9.17) is 4.74 Å². The van der Waals surface area contributed by atoms with Gasteiger partial charge in [-0.1, -0.05) is 36.0 Å². The first-order valence-corrected chi connectivity index (χ1v) is 8.08. The molecule has 0 spiro atoms. The van der Waals surface area contributed by atoms with E-state index >= 15 is 0 Å². The Balaban J connectivity index is 1.69. The minimum Gasteiger partial charge on any atom is -0.497 e. The molecule has 1 aromatic heterocycles. The molecule has 0 saturated heterocycles. The zero-order valence-electron chi connectivity index (χ0n) is 12.6. The van der Waals surface area contributed by atoms with Gasteiger partial charge in [0, 0.05) is 11.3 Å². The molecular formula is C18H15FN2OS. The third kappa shape index (κ3) is 4.07. The largest absolute Gasteiger partial charge is 0.497 e. The Kier molecular flexibility index (Phi) is 4.88. The standard InChI is InChI=1S/C18H15FN2OS/c1-22-16-7-3-5-14(11-16)17-8-9-18(21-20-17)23-12-13-4-2-6-15(19)10-13/h2-11H,12H2,1H3. The van der Waals surface area contributed by atoms with E-state index in [0.717, 1.165) is 27.6 Å². The van der Waals surface area contributed by atoms with Gasteiger partial charge in [-0.2, -0.15) is 0 Å². The van der Waals surface area contributed by atoms with E-state index < -0.39 is 0 Å². The molecule has 3 rings (SSSR count). The maximum absolute atomic E-state index is 13.1. The maximum atomic E-state index is 13.1. The van der Waals surface area contributed by atoms with Gasteiger partial charge in [-0.05, 0) is 42.0 Å². The van der Waals surface area contributed by atoms with E-state index in [-0.39, 0.29) is 5.82 Å². The van der Waals surface area contributed by atoms with Crippen molar-refractivity contribution in [2.75, 3.05) is 7.11 Å². The molecule has 0 saturated carbocycles. The molecule has 3 nitrogen and oxygen atoms in total. The van der Waals surface area contributed by atoms with Gasteiger partial charge in [-0.3, -0.25) is 0 Å². The van der Waals surface area contributed by atoms with Crippen LogP contribution in [0.3, 0.4) is 0 Å². The van der Waals surface area contributed by atoms with Crippen molar-refractivity contribution < 1.29 is 9.13 Å². The molecule has 0 aliphatic carbocycles. The van der Waals surface area contributed by atoms with E-state index in [1.807, 2.05) is 42.5 Å². The summed E-state index contributed by atoms with van der Waals surface area (Å²) >= 11 is 1.53. The lowest BCUT2D eigenvalue weighted by Gasteiger charge is -2.05. The quantitative estimate of drug-likeness (QED) is 0.643. The van der Waals surface area contributed by atoms with Crippen LogP contribution >= 0.6 is 11.8 Å². The average Bonchev–Trinajstić information content (AvgIpc) is 2.60. The highest BCUT2D eigenvalue weighted by molar-refractivity contribution is 7.98. The van der Waals surface area contributed by atoms with Crippen LogP contribution in [0.2, 0.25) is 0 Å². The monoisotopic (exact) mass is 326 g/mol. The third-order valence-electron chi connectivity index (χ3n) is 3.28. The SMILES string of the molecule is COc1cccc(-c2ccc(SCc3cccc(F)c3)nn2)c1. The zero-order chi connectivity index (χ0) is 16.1. The van der Waals surface area contributed by atoms with Crippen molar-refractivity contribution in [1.82, 2.24) is 10.2 Å². The van der Waals surface area contributed by atoms with Crippen LogP contribution in [-0.2, 0) is 5.75 Å². The lowest BCUT2D eigenvalue weighted by molar-refractivity contribution is 0.415. The van der Waals surface area contributed by atoms with Gasteiger partial charge in [0.05, 0.1) is 12.8 Å². The van der Waals surface area contributed by atoms with E-state index in [1.165, 1.54) is 23.9 Å². The Hall–Kier alpha value is -2.40. The predicted octanol–water partition coefficient (Wildman–Crippen LogP) is 4.58. The fourth-order valence-electron chi connectivity index (χ4n) is 2.12. The molecule has 2 aromatic carbocycles. The summed E-state index contributed by atoms with van der Waals surface area (Å²) in [6.45, 7) is 0. The third-order valence-corrected chi connectivity index (χ3v) is 4.27. The van der Waals surface area contributed by atoms with Crippen LogP contribution in [0.5, 0.6) is 5.75 Å². The zero-order valence-corrected chi connectivity index (χ0v) is 13.4. The van der Waals surface area contributed by atoms with E-state index in [9.17, 15) is 4.39 Å². The molecule has 23 heavy (non-hydrogen) atoms. The molecule has 116 valence electrons. The number of rotatable bonds is 5. The second-order valence-corrected chi connectivity index (χ2v) is 5.90. The van der Waals surface area contributed by atoms with Crippen LogP contribution < -0.4 is 4.74 Å². The van der Waals surface area contributed by atoms with Gasteiger partial charge in [0.25, 0.3) is 0 Å². The summed E-state index contributed by atoms with van der Waals surface area (Å²) < 4.78 is 18.4. The van der Waals surface area contributed by atoms with Gasteiger partial charge in [-0.25, -0.2) is 4.39 Å². The second kappa shape index (κ2) is 7.24. The first-order chi connectivity index (χ1) is 11.2. The van der Waals surface area contributed by atoms with E-state index in [1.54, 1.807) is 13.2 Å². The fourth-order valence-corrected chi connectivity index (χ4v) is 2.87. The van der Waals surface area contributed by atoms with E-state index in [2.05, 4.69) is 10.2 Å². The van der Waals surface area contributed by atoms with Crippen LogP contribution in [0.25, 0.3) is 11.3 Å². The average molecular weight is 326 g/mol. The van der Waals surface area contributed by atoms with Crippen LogP contribution in [0, 0.1) is 5.82 Å². The number of ether oxygens (including phenoxy) is 1. The number of methoxy groups -OCH3 is 1. The molecule has 1 heterocycles. The summed E-state index contributed by atoms with van der Waals surface area (Å²) in [4.78, 5) is 0. The number of hydrogen-bond donors (Lipinski definition) is 0. The van der Waals surface area contributed by atoms with Gasteiger partial charge < -0.3 is 4.74 Å². The topological polar surface area (TPSA) is 35.0 Å². The molecule has 5 heteroatoms. The summed E-state index contributed by atoms with van der Waals surface area (Å²) in [5, 5.41) is 9.29. The molecule has 0 aliphatic rings. The van der Waals surface area contributed by atoms with Crippen molar-refractivity contribution in [3.05, 3.63) is 72.0 Å². The highest BCUT2D eigenvalue weighted by Gasteiger charge is 2.04. The molecule has 0 atom stereocenters. The molecule has 0 aliphatic heterocycles. The number of thioether (sulfide) groups is 1. The molecule has 0 unspecified atom stereocenters. The molecule has 0 fully saturated rings. The number of hydrogen-bond acceptors (Lipinski definition) is 4. The number of benzene rings is 2. The smallest absolute Gasteiger partial charge is 0.123 e. The molecule has 0 radical (unpaired) electrons. The lowest BCUT2D eigenvalue weighted by atomic mass is 10.1. The molecule has 0 amide bonds. The minimum absolute atomic E-state index is 0.220. The highest BCUT2D eigenvalue weighted by Crippen LogP contribution is 2.25. The van der Waals surface area contributed by atoms with Crippen LogP contribution in [0.15, 0.2) is 65.7 Å². The molecular weight excluding hydrogens is 311 g/mol. The van der Waals surface area contributed by atoms with Crippen molar-refractivity contribution in [2.24, 2.45) is 0 Å². The number of nitrogens with zero attached hydrogens (tertiary/aromatic N) is 2. The van der Waals surface area contributed by atoms with Crippen molar-refractivity contribution in [3.63, 3.8) is 0 Å². The Morgan fingerprint density at radius 2 is 1.87 bits per heavy atom. The Morgan fingerprint density at radius 3 is 2.61 bits per heavy atom. The van der Waals surface area contributed by atoms with Crippen molar-refractivity contribution >= 4 is 11.8 Å². The van der Waals surface area contributed by atoms with Crippen LogP contribution in [0.4, 0.5) is 4.39 Å². The molecule has 0 N–H and O–H groups in total. The summed E-state index contributed by atoms with van der Waals surface area (Å²) in [7, 11) is 1.64. The van der Waals surface area contributed by atoms with Crippen LogP contribution in [-0.4, -0.2) is 17.3 Å².